The van der Waals surface area contributed by atoms with Crippen LogP contribution in [0.15, 0.2) is 24.5 Å². The lowest BCUT2D eigenvalue weighted by atomic mass is 10.2. The number of hydrogen-bond donors (Lipinski definition) is 1. The van der Waals surface area contributed by atoms with Gasteiger partial charge in [-0.15, -0.1) is 11.3 Å². The van der Waals surface area contributed by atoms with Crippen molar-refractivity contribution in [1.29, 1.82) is 0 Å². The highest BCUT2D eigenvalue weighted by Crippen LogP contribution is 2.39. The third-order valence-corrected chi connectivity index (χ3v) is 5.60. The first-order chi connectivity index (χ1) is 13.3. The van der Waals surface area contributed by atoms with Gasteiger partial charge in [-0.2, -0.15) is 0 Å². The van der Waals surface area contributed by atoms with E-state index in [0.29, 0.717) is 35.1 Å². The molecule has 2 aromatic heterocycles. The number of fused-ring (bicyclic) bond motifs is 1. The molecule has 148 valence electrons. The van der Waals surface area contributed by atoms with Gasteiger partial charge in [0.15, 0.2) is 0 Å². The Morgan fingerprint density at radius 3 is 2.57 bits per heavy atom. The molecule has 0 saturated carbocycles. The van der Waals surface area contributed by atoms with E-state index in [4.69, 9.17) is 21.1 Å². The highest BCUT2D eigenvalue weighted by Gasteiger charge is 2.15. The average Bonchev–Trinajstić information content (AvgIpc) is 3.08. The molecule has 0 aliphatic rings. The van der Waals surface area contributed by atoms with Crippen LogP contribution in [0.25, 0.3) is 10.2 Å². The maximum atomic E-state index is 11.0. The summed E-state index contributed by atoms with van der Waals surface area (Å²) in [6.07, 6.45) is 2.93. The average molecular weight is 421 g/mol. The minimum absolute atomic E-state index is 0.110. The van der Waals surface area contributed by atoms with Gasteiger partial charge < -0.3 is 14.8 Å². The molecule has 0 aliphatic heterocycles. The Bertz CT molecular complexity index is 975. The lowest BCUT2D eigenvalue weighted by Crippen LogP contribution is -2.35. The van der Waals surface area contributed by atoms with E-state index in [2.05, 4.69) is 34.1 Å². The quantitative estimate of drug-likeness (QED) is 0.603. The number of nitrogens with zero attached hydrogens (tertiary/aromatic N) is 3. The molecular weight excluding hydrogens is 400 g/mol. The fourth-order valence-corrected chi connectivity index (χ4v) is 3.74. The van der Waals surface area contributed by atoms with Crippen molar-refractivity contribution in [2.75, 3.05) is 6.61 Å². The molecular formula is C19H21ClN4O3S. The molecule has 0 saturated heterocycles. The molecule has 1 atom stereocenters. The molecule has 0 fully saturated rings. The molecule has 2 heterocycles. The Balaban J connectivity index is 1.68. The van der Waals surface area contributed by atoms with Crippen LogP contribution in [0, 0.1) is 0 Å². The summed E-state index contributed by atoms with van der Waals surface area (Å²) in [6.45, 7) is 7.79. The molecule has 3 aromatic rings. The third-order valence-electron chi connectivity index (χ3n) is 3.72. The molecule has 0 radical (unpaired) electrons. The van der Waals surface area contributed by atoms with Gasteiger partial charge in [-0.25, -0.2) is 15.0 Å². The van der Waals surface area contributed by atoms with E-state index >= 15 is 0 Å². The van der Waals surface area contributed by atoms with E-state index in [1.165, 1.54) is 19.3 Å². The first kappa shape index (κ1) is 20.3. The summed E-state index contributed by atoms with van der Waals surface area (Å²) in [5, 5.41) is 4.27. The van der Waals surface area contributed by atoms with Crippen LogP contribution in [0.2, 0.25) is 5.02 Å². The monoisotopic (exact) mass is 420 g/mol. The standard InChI is InChI=1S/C19H21ClN4O3S/c1-10(2)19-24-13-5-6-14(17(20)18(13)28-19)27-16-8-21-15(7-22-16)26-9-11(3)23-12(4)25/h5-8,10-11H,9H2,1-4H3,(H,23,25)/t11-/m0/s1. The molecule has 3 rings (SSSR count). The third kappa shape index (κ3) is 4.88. The van der Waals surface area contributed by atoms with Crippen molar-refractivity contribution in [1.82, 2.24) is 20.3 Å². The number of rotatable bonds is 7. The number of ether oxygens (including phenoxy) is 2. The van der Waals surface area contributed by atoms with E-state index in [9.17, 15) is 4.79 Å². The Morgan fingerprint density at radius 1 is 1.21 bits per heavy atom. The van der Waals surface area contributed by atoms with Crippen LogP contribution in [0.1, 0.15) is 38.6 Å². The summed E-state index contributed by atoms with van der Waals surface area (Å²) in [4.78, 5) is 24.0. The van der Waals surface area contributed by atoms with Crippen molar-refractivity contribution in [3.63, 3.8) is 0 Å². The zero-order valence-corrected chi connectivity index (χ0v) is 17.6. The van der Waals surface area contributed by atoms with Gasteiger partial charge in [0.25, 0.3) is 0 Å². The van der Waals surface area contributed by atoms with Crippen LogP contribution in [-0.2, 0) is 4.79 Å². The van der Waals surface area contributed by atoms with E-state index in [0.717, 1.165) is 15.2 Å². The van der Waals surface area contributed by atoms with Crippen LogP contribution < -0.4 is 14.8 Å². The predicted octanol–water partition coefficient (Wildman–Crippen LogP) is 4.56. The fraction of sp³-hybridized carbons (Fsp3) is 0.368. The summed E-state index contributed by atoms with van der Waals surface area (Å²) in [6, 6.07) is 3.53. The molecule has 0 bridgehead atoms. The largest absolute Gasteiger partial charge is 0.474 e. The van der Waals surface area contributed by atoms with E-state index < -0.39 is 0 Å². The molecule has 1 amide bonds. The highest BCUT2D eigenvalue weighted by molar-refractivity contribution is 7.19. The number of halogens is 1. The molecule has 0 aliphatic carbocycles. The van der Waals surface area contributed by atoms with Crippen molar-refractivity contribution in [2.24, 2.45) is 0 Å². The summed E-state index contributed by atoms with van der Waals surface area (Å²) >= 11 is 8.07. The maximum absolute atomic E-state index is 11.0. The summed E-state index contributed by atoms with van der Waals surface area (Å²) in [5.41, 5.74) is 0.856. The van der Waals surface area contributed by atoms with Gasteiger partial charge in [-0.05, 0) is 19.1 Å². The van der Waals surface area contributed by atoms with Crippen molar-refractivity contribution in [3.8, 4) is 17.5 Å². The second kappa shape index (κ2) is 8.70. The Labute approximate surface area is 172 Å². The van der Waals surface area contributed by atoms with Crippen molar-refractivity contribution < 1.29 is 14.3 Å². The molecule has 0 unspecified atom stereocenters. The van der Waals surface area contributed by atoms with Crippen LogP contribution in [0.5, 0.6) is 17.5 Å². The normalized spacial score (nSPS) is 12.2. The Hall–Kier alpha value is -2.45. The van der Waals surface area contributed by atoms with Crippen LogP contribution >= 0.6 is 22.9 Å². The van der Waals surface area contributed by atoms with Crippen LogP contribution in [-0.4, -0.2) is 33.5 Å². The van der Waals surface area contributed by atoms with Crippen molar-refractivity contribution >= 4 is 39.1 Å². The highest BCUT2D eigenvalue weighted by atomic mass is 35.5. The van der Waals surface area contributed by atoms with Gasteiger partial charge in [0.1, 0.15) is 17.4 Å². The molecule has 1 aromatic carbocycles. The smallest absolute Gasteiger partial charge is 0.238 e. The molecule has 9 heteroatoms. The second-order valence-electron chi connectivity index (χ2n) is 6.64. The van der Waals surface area contributed by atoms with Crippen LogP contribution in [0.4, 0.5) is 0 Å². The van der Waals surface area contributed by atoms with Gasteiger partial charge in [0.05, 0.1) is 33.7 Å². The summed E-state index contributed by atoms with van der Waals surface area (Å²) < 4.78 is 12.2. The van der Waals surface area contributed by atoms with E-state index in [1.807, 2.05) is 13.0 Å². The predicted molar refractivity (Wildman–Crippen MR) is 110 cm³/mol. The SMILES string of the molecule is CC(=O)N[C@@H](C)COc1cnc(Oc2ccc3nc(C(C)C)sc3c2Cl)cn1. The minimum atomic E-state index is -0.129. The molecule has 7 nitrogen and oxygen atoms in total. The van der Waals surface area contributed by atoms with Crippen molar-refractivity contribution in [2.45, 2.75) is 39.7 Å². The zero-order chi connectivity index (χ0) is 20.3. The fourth-order valence-electron chi connectivity index (χ4n) is 2.43. The molecule has 0 spiro atoms. The minimum Gasteiger partial charge on any atom is -0.474 e. The van der Waals surface area contributed by atoms with Gasteiger partial charge in [-0.1, -0.05) is 25.4 Å². The zero-order valence-electron chi connectivity index (χ0n) is 16.0. The van der Waals surface area contributed by atoms with Gasteiger partial charge >= 0.3 is 0 Å². The Morgan fingerprint density at radius 2 is 1.93 bits per heavy atom. The number of thiazole rings is 1. The van der Waals surface area contributed by atoms with E-state index in [1.54, 1.807) is 17.4 Å². The second-order valence-corrected chi connectivity index (χ2v) is 8.05. The topological polar surface area (TPSA) is 86.2 Å². The van der Waals surface area contributed by atoms with Gasteiger partial charge in [0.2, 0.25) is 17.7 Å². The Kier molecular flexibility index (Phi) is 6.31. The summed E-state index contributed by atoms with van der Waals surface area (Å²) in [5.74, 6) is 1.37. The van der Waals surface area contributed by atoms with E-state index in [-0.39, 0.29) is 11.9 Å². The van der Waals surface area contributed by atoms with Gasteiger partial charge in [-0.3, -0.25) is 4.79 Å². The number of nitrogens with one attached hydrogen (secondary N) is 1. The molecule has 1 N–H and O–H groups in total. The number of carbonyl (C=O) groups excluding carboxylic acids is 1. The molecule has 28 heavy (non-hydrogen) atoms. The number of aromatic nitrogens is 3. The summed E-state index contributed by atoms with van der Waals surface area (Å²) in [7, 11) is 0. The lowest BCUT2D eigenvalue weighted by Gasteiger charge is -2.13. The van der Waals surface area contributed by atoms with Gasteiger partial charge in [0, 0.05) is 12.8 Å². The number of benzene rings is 1. The number of carbonyl (C=O) groups is 1. The van der Waals surface area contributed by atoms with Crippen LogP contribution in [0.3, 0.4) is 0 Å². The first-order valence-corrected chi connectivity index (χ1v) is 10.0. The number of amides is 1. The first-order valence-electron chi connectivity index (χ1n) is 8.82. The number of hydrogen-bond acceptors (Lipinski definition) is 7. The maximum Gasteiger partial charge on any atom is 0.238 e. The lowest BCUT2D eigenvalue weighted by molar-refractivity contribution is -0.119. The van der Waals surface area contributed by atoms with Crippen molar-refractivity contribution in [3.05, 3.63) is 34.6 Å².